The number of phenolic OH excluding ortho intramolecular Hbond substituents is 1. The molecular formula is C16H17N3O2. The molecule has 1 amide bonds. The number of carbonyl (C=O) groups is 1. The summed E-state index contributed by atoms with van der Waals surface area (Å²) in [5.74, 6) is -0.0370. The molecule has 0 saturated heterocycles. The first-order chi connectivity index (χ1) is 10.1. The van der Waals surface area contributed by atoms with E-state index in [1.165, 1.54) is 6.21 Å². The number of nitrogens with one attached hydrogen (secondary N) is 2. The van der Waals surface area contributed by atoms with Gasteiger partial charge in [0, 0.05) is 5.69 Å². The number of nitrogens with zero attached hydrogens (tertiary/aromatic N) is 1. The van der Waals surface area contributed by atoms with Crippen LogP contribution in [0.5, 0.6) is 5.75 Å². The maximum Gasteiger partial charge on any atom is 0.259 e. The predicted octanol–water partition coefficient (Wildman–Crippen LogP) is 2.26. The number of rotatable bonds is 5. The van der Waals surface area contributed by atoms with Crippen LogP contribution >= 0.6 is 0 Å². The Labute approximate surface area is 123 Å². The van der Waals surface area contributed by atoms with Gasteiger partial charge in [0.15, 0.2) is 0 Å². The van der Waals surface area contributed by atoms with Crippen LogP contribution in [-0.2, 0) is 4.79 Å². The molecule has 0 aliphatic rings. The largest absolute Gasteiger partial charge is 0.508 e. The van der Waals surface area contributed by atoms with Crippen LogP contribution in [0.2, 0.25) is 0 Å². The molecule has 0 radical (unpaired) electrons. The summed E-state index contributed by atoms with van der Waals surface area (Å²) in [5.41, 5.74) is 5.25. The summed E-state index contributed by atoms with van der Waals surface area (Å²) in [7, 11) is 0. The zero-order valence-electron chi connectivity index (χ0n) is 11.7. The number of benzene rings is 2. The number of hydrogen-bond donors (Lipinski definition) is 3. The van der Waals surface area contributed by atoms with Crippen molar-refractivity contribution < 1.29 is 9.90 Å². The number of phenols is 1. The number of carbonyl (C=O) groups excluding carboxylic acids is 1. The monoisotopic (exact) mass is 283 g/mol. The molecular weight excluding hydrogens is 266 g/mol. The smallest absolute Gasteiger partial charge is 0.259 e. The van der Waals surface area contributed by atoms with Gasteiger partial charge in [-0.25, -0.2) is 5.43 Å². The van der Waals surface area contributed by atoms with E-state index in [-0.39, 0.29) is 18.2 Å². The van der Waals surface area contributed by atoms with Gasteiger partial charge in [0.1, 0.15) is 5.75 Å². The fourth-order valence-corrected chi connectivity index (χ4v) is 1.72. The van der Waals surface area contributed by atoms with E-state index in [1.807, 2.05) is 31.2 Å². The van der Waals surface area contributed by atoms with Gasteiger partial charge >= 0.3 is 0 Å². The summed E-state index contributed by atoms with van der Waals surface area (Å²) in [4.78, 5) is 11.6. The maximum atomic E-state index is 11.6. The standard InChI is InChI=1S/C16H17N3O2/c1-12-3-2-4-14(9-12)17-11-16(21)19-18-10-13-5-7-15(20)8-6-13/h2-10,17,20H,11H2,1H3,(H,19,21)/b18-10-. The van der Waals surface area contributed by atoms with Gasteiger partial charge in [-0.3, -0.25) is 4.79 Å². The average Bonchev–Trinajstić information content (AvgIpc) is 2.47. The number of hydrogen-bond acceptors (Lipinski definition) is 4. The molecule has 21 heavy (non-hydrogen) atoms. The van der Waals surface area contributed by atoms with E-state index in [2.05, 4.69) is 15.8 Å². The molecule has 108 valence electrons. The van der Waals surface area contributed by atoms with Crippen LogP contribution < -0.4 is 10.7 Å². The van der Waals surface area contributed by atoms with Gasteiger partial charge in [0.2, 0.25) is 0 Å². The molecule has 0 atom stereocenters. The average molecular weight is 283 g/mol. The van der Waals surface area contributed by atoms with Gasteiger partial charge in [0.05, 0.1) is 12.8 Å². The van der Waals surface area contributed by atoms with Gasteiger partial charge in [0.25, 0.3) is 5.91 Å². The van der Waals surface area contributed by atoms with E-state index in [0.29, 0.717) is 0 Å². The Bertz CT molecular complexity index is 636. The lowest BCUT2D eigenvalue weighted by Crippen LogP contribution is -2.25. The summed E-state index contributed by atoms with van der Waals surface area (Å²) in [6, 6.07) is 14.3. The molecule has 2 aromatic rings. The number of aryl methyl sites for hydroxylation is 1. The second-order valence-corrected chi connectivity index (χ2v) is 4.61. The predicted molar refractivity (Wildman–Crippen MR) is 83.5 cm³/mol. The highest BCUT2D eigenvalue weighted by Crippen LogP contribution is 2.09. The minimum atomic E-state index is -0.230. The highest BCUT2D eigenvalue weighted by atomic mass is 16.3. The van der Waals surface area contributed by atoms with Crippen LogP contribution in [0, 0.1) is 6.92 Å². The lowest BCUT2D eigenvalue weighted by molar-refractivity contribution is -0.119. The first-order valence-corrected chi connectivity index (χ1v) is 6.55. The lowest BCUT2D eigenvalue weighted by atomic mass is 10.2. The summed E-state index contributed by atoms with van der Waals surface area (Å²) >= 11 is 0. The van der Waals surface area contributed by atoms with Gasteiger partial charge < -0.3 is 10.4 Å². The Balaban J connectivity index is 1.78. The summed E-state index contributed by atoms with van der Waals surface area (Å²) in [6.45, 7) is 2.14. The quantitative estimate of drug-likeness (QED) is 0.582. The van der Waals surface area contributed by atoms with Crippen LogP contribution in [0.1, 0.15) is 11.1 Å². The summed E-state index contributed by atoms with van der Waals surface area (Å²) in [5, 5.41) is 16.0. The van der Waals surface area contributed by atoms with Crippen LogP contribution in [0.15, 0.2) is 53.6 Å². The summed E-state index contributed by atoms with van der Waals surface area (Å²) in [6.07, 6.45) is 1.52. The number of anilines is 1. The van der Waals surface area contributed by atoms with Crippen molar-refractivity contribution in [2.45, 2.75) is 6.92 Å². The molecule has 0 aliphatic carbocycles. The minimum absolute atomic E-state index is 0.149. The Morgan fingerprint density at radius 2 is 2.00 bits per heavy atom. The van der Waals surface area contributed by atoms with Crippen molar-refractivity contribution in [1.82, 2.24) is 5.43 Å². The van der Waals surface area contributed by atoms with Gasteiger partial charge in [-0.2, -0.15) is 5.10 Å². The molecule has 3 N–H and O–H groups in total. The molecule has 0 unspecified atom stereocenters. The van der Waals surface area contributed by atoms with Crippen LogP contribution in [-0.4, -0.2) is 23.8 Å². The first-order valence-electron chi connectivity index (χ1n) is 6.55. The van der Waals surface area contributed by atoms with Crippen molar-refractivity contribution in [2.75, 3.05) is 11.9 Å². The van der Waals surface area contributed by atoms with Crippen molar-refractivity contribution >= 4 is 17.8 Å². The van der Waals surface area contributed by atoms with E-state index >= 15 is 0 Å². The van der Waals surface area contributed by atoms with E-state index in [9.17, 15) is 4.79 Å². The topological polar surface area (TPSA) is 73.7 Å². The molecule has 0 aliphatic heterocycles. The third-order valence-corrected chi connectivity index (χ3v) is 2.77. The number of amides is 1. The Hall–Kier alpha value is -2.82. The molecule has 0 aromatic heterocycles. The second kappa shape index (κ2) is 7.09. The fraction of sp³-hybridized carbons (Fsp3) is 0.125. The van der Waals surface area contributed by atoms with E-state index < -0.39 is 0 Å². The molecule has 2 aromatic carbocycles. The summed E-state index contributed by atoms with van der Waals surface area (Å²) < 4.78 is 0. The van der Waals surface area contributed by atoms with Gasteiger partial charge in [-0.15, -0.1) is 0 Å². The maximum absolute atomic E-state index is 11.6. The Kier molecular flexibility index (Phi) is 4.93. The molecule has 0 spiro atoms. The van der Waals surface area contributed by atoms with Crippen molar-refractivity contribution in [3.63, 3.8) is 0 Å². The SMILES string of the molecule is Cc1cccc(NCC(=O)N/N=C\c2ccc(O)cc2)c1. The fourth-order valence-electron chi connectivity index (χ4n) is 1.72. The number of hydrazone groups is 1. The first kappa shape index (κ1) is 14.6. The second-order valence-electron chi connectivity index (χ2n) is 4.61. The normalized spacial score (nSPS) is 10.5. The van der Waals surface area contributed by atoms with Crippen molar-refractivity contribution in [2.24, 2.45) is 5.10 Å². The third kappa shape index (κ3) is 4.99. The van der Waals surface area contributed by atoms with Gasteiger partial charge in [-0.05, 0) is 54.4 Å². The van der Waals surface area contributed by atoms with Crippen LogP contribution in [0.25, 0.3) is 0 Å². The van der Waals surface area contributed by atoms with Gasteiger partial charge in [-0.1, -0.05) is 12.1 Å². The zero-order chi connectivity index (χ0) is 15.1. The molecule has 0 fully saturated rings. The van der Waals surface area contributed by atoms with E-state index in [4.69, 9.17) is 5.11 Å². The molecule has 0 heterocycles. The molecule has 5 nitrogen and oxygen atoms in total. The Morgan fingerprint density at radius 3 is 2.71 bits per heavy atom. The van der Waals surface area contributed by atoms with Crippen LogP contribution in [0.4, 0.5) is 5.69 Å². The number of aromatic hydroxyl groups is 1. The lowest BCUT2D eigenvalue weighted by Gasteiger charge is -2.05. The minimum Gasteiger partial charge on any atom is -0.508 e. The molecule has 0 saturated carbocycles. The highest BCUT2D eigenvalue weighted by Gasteiger charge is 1.99. The van der Waals surface area contributed by atoms with E-state index in [0.717, 1.165) is 16.8 Å². The molecule has 2 rings (SSSR count). The molecule has 5 heteroatoms. The van der Waals surface area contributed by atoms with Crippen molar-refractivity contribution in [3.05, 3.63) is 59.7 Å². The third-order valence-electron chi connectivity index (χ3n) is 2.77. The highest BCUT2D eigenvalue weighted by molar-refractivity contribution is 5.84. The van der Waals surface area contributed by atoms with Crippen molar-refractivity contribution in [1.29, 1.82) is 0 Å². The van der Waals surface area contributed by atoms with Crippen molar-refractivity contribution in [3.8, 4) is 5.75 Å². The van der Waals surface area contributed by atoms with Crippen LogP contribution in [0.3, 0.4) is 0 Å². The zero-order valence-corrected chi connectivity index (χ0v) is 11.7. The Morgan fingerprint density at radius 1 is 1.24 bits per heavy atom. The van der Waals surface area contributed by atoms with E-state index in [1.54, 1.807) is 24.3 Å². The molecule has 0 bridgehead atoms.